The molecule has 3 rings (SSSR count). The van der Waals surface area contributed by atoms with Crippen molar-refractivity contribution in [2.24, 2.45) is 0 Å². The lowest BCUT2D eigenvalue weighted by atomic mass is 10.2. The summed E-state index contributed by atoms with van der Waals surface area (Å²) in [6.45, 7) is 4.33. The first-order chi connectivity index (χ1) is 10.9. The van der Waals surface area contributed by atoms with E-state index in [2.05, 4.69) is 16.5 Å². The molecule has 1 saturated heterocycles. The molecule has 8 nitrogen and oxygen atoms in total. The van der Waals surface area contributed by atoms with E-state index in [1.165, 1.54) is 16.3 Å². The number of hydrogen-bond donors (Lipinski definition) is 1. The number of sulfonamides is 1. The first kappa shape index (κ1) is 16.4. The molecule has 0 saturated carbocycles. The van der Waals surface area contributed by atoms with Gasteiger partial charge in [0, 0.05) is 52.1 Å². The van der Waals surface area contributed by atoms with E-state index < -0.39 is 10.0 Å². The molecule has 0 aliphatic carbocycles. The maximum atomic E-state index is 12.3. The van der Waals surface area contributed by atoms with Crippen molar-refractivity contribution >= 4 is 15.9 Å². The van der Waals surface area contributed by atoms with Gasteiger partial charge in [0.15, 0.2) is 0 Å². The fourth-order valence-corrected chi connectivity index (χ4v) is 3.86. The average molecular weight is 341 g/mol. The molecule has 0 bridgehead atoms. The van der Waals surface area contributed by atoms with Crippen LogP contribution >= 0.6 is 0 Å². The normalized spacial score (nSPS) is 19.6. The molecule has 9 heteroatoms. The van der Waals surface area contributed by atoms with Crippen LogP contribution in [-0.2, 0) is 34.3 Å². The third kappa shape index (κ3) is 3.91. The number of piperazine rings is 1. The Bertz CT molecular complexity index is 653. The average Bonchev–Trinajstić information content (AvgIpc) is 2.95. The van der Waals surface area contributed by atoms with Crippen LogP contribution in [0.15, 0.2) is 6.07 Å². The predicted octanol–water partition coefficient (Wildman–Crippen LogP) is -0.977. The van der Waals surface area contributed by atoms with Gasteiger partial charge in [-0.25, -0.2) is 8.42 Å². The van der Waals surface area contributed by atoms with Gasteiger partial charge in [0.25, 0.3) is 0 Å². The van der Waals surface area contributed by atoms with Gasteiger partial charge in [-0.3, -0.25) is 9.48 Å². The summed E-state index contributed by atoms with van der Waals surface area (Å²) in [6, 6.07) is 2.06. The van der Waals surface area contributed by atoms with Crippen LogP contribution in [0.5, 0.6) is 0 Å². The van der Waals surface area contributed by atoms with Crippen LogP contribution in [0.4, 0.5) is 0 Å². The zero-order chi connectivity index (χ0) is 16.4. The fourth-order valence-electron chi connectivity index (χ4n) is 3.04. The van der Waals surface area contributed by atoms with Gasteiger partial charge >= 0.3 is 0 Å². The number of nitrogens with zero attached hydrogens (tertiary/aromatic N) is 4. The minimum Gasteiger partial charge on any atom is -0.340 e. The van der Waals surface area contributed by atoms with E-state index >= 15 is 0 Å². The number of nitrogens with one attached hydrogen (secondary N) is 1. The number of carbonyl (C=O) groups is 1. The highest BCUT2D eigenvalue weighted by Crippen LogP contribution is 2.12. The van der Waals surface area contributed by atoms with Gasteiger partial charge < -0.3 is 10.2 Å². The third-order valence-electron chi connectivity index (χ3n) is 4.38. The summed E-state index contributed by atoms with van der Waals surface area (Å²) in [5.74, 6) is 0.0715. The smallest absolute Gasteiger partial charge is 0.223 e. The number of hydrogen-bond acceptors (Lipinski definition) is 5. The molecule has 0 unspecified atom stereocenters. The molecule has 2 aliphatic rings. The molecule has 2 aliphatic heterocycles. The lowest BCUT2D eigenvalue weighted by molar-refractivity contribution is -0.132. The van der Waals surface area contributed by atoms with Crippen LogP contribution in [-0.4, -0.2) is 72.3 Å². The van der Waals surface area contributed by atoms with Gasteiger partial charge in [-0.05, 0) is 6.07 Å². The molecular weight excluding hydrogens is 318 g/mol. The first-order valence-corrected chi connectivity index (χ1v) is 9.77. The Morgan fingerprint density at radius 1 is 1.26 bits per heavy atom. The maximum absolute atomic E-state index is 12.3. The second kappa shape index (κ2) is 6.58. The number of rotatable bonds is 4. The molecule has 0 aromatic carbocycles. The summed E-state index contributed by atoms with van der Waals surface area (Å²) in [7, 11) is -3.16. The summed E-state index contributed by atoms with van der Waals surface area (Å²) >= 11 is 0. The van der Waals surface area contributed by atoms with E-state index in [1.807, 2.05) is 4.68 Å². The van der Waals surface area contributed by atoms with E-state index in [-0.39, 0.29) is 5.91 Å². The molecule has 0 atom stereocenters. The Hall–Kier alpha value is -1.45. The van der Waals surface area contributed by atoms with Crippen molar-refractivity contribution in [3.63, 3.8) is 0 Å². The minimum atomic E-state index is -3.16. The number of aromatic nitrogens is 2. The lowest BCUT2D eigenvalue weighted by Crippen LogP contribution is -2.50. The van der Waals surface area contributed by atoms with E-state index in [1.54, 1.807) is 4.90 Å². The highest BCUT2D eigenvalue weighted by Gasteiger charge is 2.25. The van der Waals surface area contributed by atoms with Gasteiger partial charge in [-0.1, -0.05) is 0 Å². The largest absolute Gasteiger partial charge is 0.340 e. The summed E-state index contributed by atoms with van der Waals surface area (Å²) in [4.78, 5) is 14.0. The summed E-state index contributed by atoms with van der Waals surface area (Å²) in [5, 5.41) is 7.83. The molecule has 0 radical (unpaired) electrons. The summed E-state index contributed by atoms with van der Waals surface area (Å²) in [5.41, 5.74) is 2.12. The Morgan fingerprint density at radius 2 is 2.00 bits per heavy atom. The Kier molecular flexibility index (Phi) is 4.69. The molecule has 3 heterocycles. The highest BCUT2D eigenvalue weighted by molar-refractivity contribution is 7.88. The highest BCUT2D eigenvalue weighted by atomic mass is 32.2. The Balaban J connectivity index is 1.49. The van der Waals surface area contributed by atoms with Gasteiger partial charge in [0.05, 0.1) is 24.2 Å². The third-order valence-corrected chi connectivity index (χ3v) is 5.68. The summed E-state index contributed by atoms with van der Waals surface area (Å²) in [6.07, 6.45) is 2.26. The zero-order valence-electron chi connectivity index (χ0n) is 13.4. The van der Waals surface area contributed by atoms with Crippen molar-refractivity contribution in [3.05, 3.63) is 17.5 Å². The van der Waals surface area contributed by atoms with Crippen LogP contribution in [0.3, 0.4) is 0 Å². The zero-order valence-corrected chi connectivity index (χ0v) is 14.2. The van der Waals surface area contributed by atoms with E-state index in [9.17, 15) is 13.2 Å². The number of aryl methyl sites for hydroxylation is 1. The Labute approximate surface area is 136 Å². The van der Waals surface area contributed by atoms with Crippen LogP contribution in [0.25, 0.3) is 0 Å². The number of amides is 1. The van der Waals surface area contributed by atoms with Crippen molar-refractivity contribution in [1.82, 2.24) is 24.3 Å². The first-order valence-electron chi connectivity index (χ1n) is 7.93. The molecular formula is C14H23N5O3S. The lowest BCUT2D eigenvalue weighted by Gasteiger charge is -2.33. The van der Waals surface area contributed by atoms with Gasteiger partial charge in [-0.2, -0.15) is 9.40 Å². The van der Waals surface area contributed by atoms with Gasteiger partial charge in [-0.15, -0.1) is 0 Å². The second-order valence-electron chi connectivity index (χ2n) is 6.07. The topological polar surface area (TPSA) is 87.5 Å². The molecule has 128 valence electrons. The summed E-state index contributed by atoms with van der Waals surface area (Å²) < 4.78 is 26.4. The molecule has 1 aromatic heterocycles. The monoisotopic (exact) mass is 341 g/mol. The number of fused-ring (bicyclic) bond motifs is 1. The molecule has 1 amide bonds. The quantitative estimate of drug-likeness (QED) is 0.761. The number of carbonyl (C=O) groups excluding carboxylic acids is 1. The molecule has 0 spiro atoms. The maximum Gasteiger partial charge on any atom is 0.223 e. The van der Waals surface area contributed by atoms with E-state index in [4.69, 9.17) is 0 Å². The van der Waals surface area contributed by atoms with Crippen molar-refractivity contribution in [1.29, 1.82) is 0 Å². The van der Waals surface area contributed by atoms with Gasteiger partial charge in [0.2, 0.25) is 15.9 Å². The van der Waals surface area contributed by atoms with Crippen molar-refractivity contribution in [2.75, 3.05) is 39.0 Å². The molecule has 1 N–H and O–H groups in total. The minimum absolute atomic E-state index is 0.0715. The molecule has 1 fully saturated rings. The van der Waals surface area contributed by atoms with Crippen molar-refractivity contribution in [2.45, 2.75) is 25.9 Å². The van der Waals surface area contributed by atoms with Crippen molar-refractivity contribution < 1.29 is 13.2 Å². The van der Waals surface area contributed by atoms with E-state index in [0.29, 0.717) is 39.0 Å². The van der Waals surface area contributed by atoms with Crippen LogP contribution < -0.4 is 5.32 Å². The van der Waals surface area contributed by atoms with Crippen LogP contribution in [0, 0.1) is 0 Å². The second-order valence-corrected chi connectivity index (χ2v) is 8.05. The molecule has 23 heavy (non-hydrogen) atoms. The van der Waals surface area contributed by atoms with E-state index in [0.717, 1.165) is 25.3 Å². The fraction of sp³-hybridized carbons (Fsp3) is 0.714. The van der Waals surface area contributed by atoms with Crippen LogP contribution in [0.1, 0.15) is 17.8 Å². The van der Waals surface area contributed by atoms with Crippen LogP contribution in [0.2, 0.25) is 0 Å². The Morgan fingerprint density at radius 3 is 2.65 bits per heavy atom. The van der Waals surface area contributed by atoms with Crippen molar-refractivity contribution in [3.8, 4) is 0 Å². The SMILES string of the molecule is CS(=O)(=O)N1CCN(C(=O)CCc2cc3n(n2)CCNC3)CC1. The predicted molar refractivity (Wildman–Crippen MR) is 85.3 cm³/mol. The standard InChI is InChI=1S/C14H23N5O3S/c1-23(21,22)18-8-6-17(7-9-18)14(20)3-2-12-10-13-11-15-4-5-19(13)16-12/h10,15H,2-9,11H2,1H3. The van der Waals surface area contributed by atoms with Gasteiger partial charge in [0.1, 0.15) is 0 Å². The molecule has 1 aromatic rings.